The second-order valence-electron chi connectivity index (χ2n) is 7.44. The van der Waals surface area contributed by atoms with Crippen molar-refractivity contribution in [2.24, 2.45) is 17.8 Å². The lowest BCUT2D eigenvalue weighted by Crippen LogP contribution is -2.54. The summed E-state index contributed by atoms with van der Waals surface area (Å²) in [6.07, 6.45) is 5.03. The Morgan fingerprint density at radius 1 is 0.826 bits per heavy atom. The van der Waals surface area contributed by atoms with E-state index in [-0.39, 0.29) is 4.90 Å². The highest BCUT2D eigenvalue weighted by molar-refractivity contribution is 8.12. The van der Waals surface area contributed by atoms with Gasteiger partial charge in [-0.15, -0.1) is 0 Å². The standard InChI is InChI=1S/C16H20NO4S2/c18-22(19,15-4-2-1-3-5-15)17-23(20,21)16-9-12-6-13(10-16)8-14(7-12)11-16/h1-5,12-14H,6-11H2/q-1. The molecular weight excluding hydrogens is 334 g/mol. The van der Waals surface area contributed by atoms with Gasteiger partial charge in [0.05, 0.1) is 14.8 Å². The van der Waals surface area contributed by atoms with Crippen LogP contribution in [0, 0.1) is 17.8 Å². The fourth-order valence-corrected chi connectivity index (χ4v) is 9.04. The zero-order valence-electron chi connectivity index (χ0n) is 12.8. The highest BCUT2D eigenvalue weighted by Crippen LogP contribution is 2.59. The van der Waals surface area contributed by atoms with E-state index in [9.17, 15) is 16.8 Å². The monoisotopic (exact) mass is 354 g/mol. The van der Waals surface area contributed by atoms with Crippen molar-refractivity contribution in [3.63, 3.8) is 0 Å². The lowest BCUT2D eigenvalue weighted by atomic mass is 9.56. The molecule has 4 saturated carbocycles. The summed E-state index contributed by atoms with van der Waals surface area (Å²) in [7, 11) is -8.22. The van der Waals surface area contributed by atoms with Gasteiger partial charge in [-0.2, -0.15) is 0 Å². The minimum absolute atomic E-state index is 0.0618. The first kappa shape index (κ1) is 15.6. The van der Waals surface area contributed by atoms with E-state index in [0.29, 0.717) is 37.0 Å². The number of sulfonamides is 2. The van der Waals surface area contributed by atoms with E-state index in [1.54, 1.807) is 18.2 Å². The van der Waals surface area contributed by atoms with E-state index in [1.807, 2.05) is 0 Å². The van der Waals surface area contributed by atoms with Crippen LogP contribution in [0.1, 0.15) is 38.5 Å². The third-order valence-electron chi connectivity index (χ3n) is 5.77. The van der Waals surface area contributed by atoms with Crippen LogP contribution in [-0.4, -0.2) is 21.6 Å². The van der Waals surface area contributed by atoms with Crippen molar-refractivity contribution < 1.29 is 16.8 Å². The molecule has 126 valence electrons. The fraction of sp³-hybridized carbons (Fsp3) is 0.625. The summed E-state index contributed by atoms with van der Waals surface area (Å²) in [5.41, 5.74) is 0. The summed E-state index contributed by atoms with van der Waals surface area (Å²) in [5.74, 6) is 1.27. The largest absolute Gasteiger partial charge is 0.431 e. The van der Waals surface area contributed by atoms with Gasteiger partial charge in [0.15, 0.2) is 0 Å². The molecule has 23 heavy (non-hydrogen) atoms. The van der Waals surface area contributed by atoms with Crippen molar-refractivity contribution in [1.82, 2.24) is 0 Å². The number of benzene rings is 1. The summed E-state index contributed by atoms with van der Waals surface area (Å²) in [6, 6.07) is 7.59. The average molecular weight is 354 g/mol. The highest BCUT2D eigenvalue weighted by atomic mass is 32.3. The van der Waals surface area contributed by atoms with Crippen molar-refractivity contribution in [3.8, 4) is 0 Å². The lowest BCUT2D eigenvalue weighted by molar-refractivity contribution is 0.0343. The van der Waals surface area contributed by atoms with Crippen molar-refractivity contribution >= 4 is 20.0 Å². The molecule has 0 N–H and O–H groups in total. The molecule has 0 radical (unpaired) electrons. The van der Waals surface area contributed by atoms with Gasteiger partial charge in [-0.25, -0.2) is 16.8 Å². The molecule has 7 heteroatoms. The third-order valence-corrected chi connectivity index (χ3v) is 9.80. The van der Waals surface area contributed by atoms with Crippen molar-refractivity contribution in [3.05, 3.63) is 34.5 Å². The van der Waals surface area contributed by atoms with Crippen molar-refractivity contribution in [2.45, 2.75) is 48.2 Å². The van der Waals surface area contributed by atoms with E-state index in [0.717, 1.165) is 19.3 Å². The Morgan fingerprint density at radius 2 is 1.30 bits per heavy atom. The molecule has 0 amide bonds. The van der Waals surface area contributed by atoms with Crippen molar-refractivity contribution in [1.29, 1.82) is 0 Å². The Balaban J connectivity index is 1.66. The van der Waals surface area contributed by atoms with Gasteiger partial charge < -0.3 is 4.13 Å². The van der Waals surface area contributed by atoms with Crippen LogP contribution in [0.5, 0.6) is 0 Å². The van der Waals surface area contributed by atoms with Gasteiger partial charge in [-0.3, -0.25) is 0 Å². The molecule has 4 aliphatic carbocycles. The average Bonchev–Trinajstić information content (AvgIpc) is 2.45. The Bertz CT molecular complexity index is 780. The molecule has 0 unspecified atom stereocenters. The van der Waals surface area contributed by atoms with Crippen LogP contribution in [0.15, 0.2) is 35.2 Å². The maximum Gasteiger partial charge on any atom is 0.112 e. The normalized spacial score (nSPS) is 36.3. The molecule has 0 spiro atoms. The molecule has 5 rings (SSSR count). The summed E-state index contributed by atoms with van der Waals surface area (Å²) in [5, 5.41) is 0. The first-order valence-electron chi connectivity index (χ1n) is 8.09. The van der Waals surface area contributed by atoms with E-state index in [2.05, 4.69) is 4.13 Å². The first-order chi connectivity index (χ1) is 10.8. The fourth-order valence-electron chi connectivity index (χ4n) is 5.19. The molecule has 0 atom stereocenters. The second-order valence-corrected chi connectivity index (χ2v) is 11.3. The van der Waals surface area contributed by atoms with E-state index in [1.165, 1.54) is 12.1 Å². The Kier molecular flexibility index (Phi) is 3.42. The van der Waals surface area contributed by atoms with Crippen LogP contribution >= 0.6 is 0 Å². The lowest BCUT2D eigenvalue weighted by Gasteiger charge is -2.57. The minimum atomic E-state index is -4.17. The molecular formula is C16H20NO4S2-. The summed E-state index contributed by atoms with van der Waals surface area (Å²) in [4.78, 5) is -0.0618. The van der Waals surface area contributed by atoms with Gasteiger partial charge in [-0.1, -0.05) is 18.2 Å². The summed E-state index contributed by atoms with van der Waals surface area (Å²) in [6.45, 7) is 0. The number of nitrogens with zero attached hydrogens (tertiary/aromatic N) is 1. The molecule has 0 heterocycles. The SMILES string of the molecule is O=S(=O)([N-]S(=O)(=O)C12CC3CC(CC(C3)C1)C2)c1ccccc1. The van der Waals surface area contributed by atoms with Crippen LogP contribution in [0.3, 0.4) is 0 Å². The second kappa shape index (κ2) is 5.04. The molecule has 4 aliphatic rings. The van der Waals surface area contributed by atoms with Crippen molar-refractivity contribution in [2.75, 3.05) is 0 Å². The topological polar surface area (TPSA) is 82.4 Å². The molecule has 1 aromatic carbocycles. The van der Waals surface area contributed by atoms with Gasteiger partial charge >= 0.3 is 0 Å². The maximum atomic E-state index is 12.9. The minimum Gasteiger partial charge on any atom is -0.431 e. The van der Waals surface area contributed by atoms with Gasteiger partial charge in [0.1, 0.15) is 10.0 Å². The predicted octanol–water partition coefficient (Wildman–Crippen LogP) is 3.05. The van der Waals surface area contributed by atoms with Crippen LogP contribution < -0.4 is 0 Å². The van der Waals surface area contributed by atoms with Crippen LogP contribution in [0.4, 0.5) is 0 Å². The quantitative estimate of drug-likeness (QED) is 0.832. The van der Waals surface area contributed by atoms with Crippen LogP contribution in [0.25, 0.3) is 4.13 Å². The number of rotatable bonds is 4. The molecule has 4 fully saturated rings. The summed E-state index contributed by atoms with van der Waals surface area (Å²) >= 11 is 0. The molecule has 0 aromatic heterocycles. The van der Waals surface area contributed by atoms with E-state index < -0.39 is 24.8 Å². The van der Waals surface area contributed by atoms with Gasteiger partial charge in [0.2, 0.25) is 0 Å². The molecule has 1 aromatic rings. The van der Waals surface area contributed by atoms with Gasteiger partial charge in [0, 0.05) is 4.90 Å². The number of hydrogen-bond donors (Lipinski definition) is 0. The Labute approximate surface area is 137 Å². The van der Waals surface area contributed by atoms with E-state index >= 15 is 0 Å². The summed E-state index contributed by atoms with van der Waals surface area (Å²) < 4.78 is 53.1. The maximum absolute atomic E-state index is 12.9. The Hall–Kier alpha value is -0.920. The van der Waals surface area contributed by atoms with Gasteiger partial charge in [-0.05, 0) is 68.4 Å². The zero-order valence-corrected chi connectivity index (χ0v) is 14.4. The highest BCUT2D eigenvalue weighted by Gasteiger charge is 2.55. The smallest absolute Gasteiger partial charge is 0.112 e. The molecule has 0 aliphatic heterocycles. The third kappa shape index (κ3) is 2.53. The Morgan fingerprint density at radius 3 is 1.78 bits per heavy atom. The first-order valence-corrected chi connectivity index (χ1v) is 11.0. The van der Waals surface area contributed by atoms with E-state index in [4.69, 9.17) is 0 Å². The number of hydrogen-bond acceptors (Lipinski definition) is 4. The van der Waals surface area contributed by atoms with Crippen LogP contribution in [0.2, 0.25) is 0 Å². The molecule has 5 nitrogen and oxygen atoms in total. The molecule has 0 saturated heterocycles. The predicted molar refractivity (Wildman–Crippen MR) is 86.8 cm³/mol. The zero-order chi connectivity index (χ0) is 16.3. The molecule has 4 bridgehead atoms. The van der Waals surface area contributed by atoms with Gasteiger partial charge in [0.25, 0.3) is 0 Å². The van der Waals surface area contributed by atoms with Crippen LogP contribution in [-0.2, 0) is 20.0 Å².